The molecule has 1 aromatic carbocycles. The Morgan fingerprint density at radius 2 is 1.53 bits per heavy atom. The largest absolute Gasteiger partial charge is 0.534 e. The number of benzene rings is 1. The molecule has 0 saturated carbocycles. The van der Waals surface area contributed by atoms with Crippen molar-refractivity contribution in [1.82, 2.24) is 0 Å². The highest BCUT2D eigenvalue weighted by Gasteiger charge is 2.45. The Balaban J connectivity index is 2.51. The normalized spacial score (nSPS) is 14.7. The third-order valence-corrected chi connectivity index (χ3v) is 8.86. The number of rotatable bonds is 16. The van der Waals surface area contributed by atoms with Gasteiger partial charge in [-0.15, -0.1) is 4.52 Å². The van der Waals surface area contributed by atoms with Gasteiger partial charge >= 0.3 is 29.1 Å². The number of carbonyl (C=O) groups excluding carboxylic acids is 1. The average Bonchev–Trinajstić information content (AvgIpc) is 2.78. The standard InChI is InChI=1S/C27H39O7PS/c1-21(2)13-11-15-23(4)17-12-16-22(3)14-9-10-20-26(36(30,31)32)35(29)34-24(5)33-27(28)25-18-7-6-8-19-25/h6-8,13-14,17-19,24,26H,9-12,15-16,20H2,1-5H3/p+1. The monoisotopic (exact) mass is 539 g/mol. The van der Waals surface area contributed by atoms with Crippen molar-refractivity contribution >= 4 is 24.1 Å². The Bertz CT molecular complexity index is 1040. The van der Waals surface area contributed by atoms with Gasteiger partial charge in [0.25, 0.3) is 6.29 Å². The first-order valence-corrected chi connectivity index (χ1v) is 14.9. The number of allylic oxidation sites excluding steroid dienone is 6. The molecule has 1 aromatic rings. The van der Waals surface area contributed by atoms with Gasteiger partial charge in [0.05, 0.1) is 5.56 Å². The zero-order chi connectivity index (χ0) is 27.1. The molecular weight excluding hydrogens is 499 g/mol. The van der Waals surface area contributed by atoms with Crippen molar-refractivity contribution in [2.75, 3.05) is 0 Å². The quantitative estimate of drug-likeness (QED) is 0.0571. The molecule has 7 nitrogen and oxygen atoms in total. The van der Waals surface area contributed by atoms with Crippen LogP contribution in [0.5, 0.6) is 0 Å². The van der Waals surface area contributed by atoms with E-state index in [1.807, 2.05) is 13.0 Å². The van der Waals surface area contributed by atoms with Crippen LogP contribution >= 0.6 is 8.03 Å². The lowest BCUT2D eigenvalue weighted by Crippen LogP contribution is -2.21. The van der Waals surface area contributed by atoms with Crippen molar-refractivity contribution in [2.45, 2.75) is 90.8 Å². The van der Waals surface area contributed by atoms with Crippen LogP contribution in [0.25, 0.3) is 0 Å². The minimum atomic E-state index is -4.61. The first-order chi connectivity index (χ1) is 16.9. The van der Waals surface area contributed by atoms with E-state index in [1.165, 1.54) is 23.6 Å². The van der Waals surface area contributed by atoms with Crippen molar-refractivity contribution in [3.05, 3.63) is 70.8 Å². The summed E-state index contributed by atoms with van der Waals surface area (Å²) in [6.07, 6.45) is 10.2. The van der Waals surface area contributed by atoms with E-state index in [4.69, 9.17) is 9.26 Å². The van der Waals surface area contributed by atoms with Gasteiger partial charge in [-0.1, -0.05) is 53.1 Å². The van der Waals surface area contributed by atoms with Crippen LogP contribution in [0.2, 0.25) is 0 Å². The minimum Gasteiger partial charge on any atom is -0.428 e. The summed E-state index contributed by atoms with van der Waals surface area (Å²) in [7, 11) is -7.44. The molecule has 9 heteroatoms. The minimum absolute atomic E-state index is 0.0411. The molecular formula is C27H40O7PS+. The van der Waals surface area contributed by atoms with Crippen LogP contribution in [0.3, 0.4) is 0 Å². The second-order valence-electron chi connectivity index (χ2n) is 9.09. The fourth-order valence-electron chi connectivity index (χ4n) is 3.37. The van der Waals surface area contributed by atoms with E-state index in [-0.39, 0.29) is 12.0 Å². The fraction of sp³-hybridized carbons (Fsp3) is 0.519. The van der Waals surface area contributed by atoms with E-state index in [1.54, 1.807) is 30.3 Å². The number of hydrogen-bond donors (Lipinski definition) is 1. The SMILES string of the molecule is CC(C)=CCCC(C)=CCCC(C)=CCCCC([P+](=O)OC(C)OC(=O)c1ccccc1)S(=O)(=O)O. The van der Waals surface area contributed by atoms with Gasteiger partial charge in [0.1, 0.15) is 0 Å². The lowest BCUT2D eigenvalue weighted by atomic mass is 10.1. The number of unbranched alkanes of at least 4 members (excludes halogenated alkanes) is 1. The number of ether oxygens (including phenoxy) is 1. The maximum atomic E-state index is 12.5. The maximum absolute atomic E-state index is 12.5. The van der Waals surface area contributed by atoms with E-state index in [2.05, 4.69) is 32.9 Å². The molecule has 0 radical (unpaired) electrons. The van der Waals surface area contributed by atoms with Crippen LogP contribution < -0.4 is 0 Å². The Labute approximate surface area is 217 Å². The second kappa shape index (κ2) is 16.6. The van der Waals surface area contributed by atoms with Crippen LogP contribution in [0.15, 0.2) is 65.3 Å². The Morgan fingerprint density at radius 3 is 2.08 bits per heavy atom. The third kappa shape index (κ3) is 13.8. The van der Waals surface area contributed by atoms with Crippen LogP contribution in [0.1, 0.15) is 89.9 Å². The number of carbonyl (C=O) groups is 1. The summed E-state index contributed by atoms with van der Waals surface area (Å²) in [6, 6.07) is 8.17. The molecule has 3 unspecified atom stereocenters. The molecule has 0 saturated heterocycles. The van der Waals surface area contributed by atoms with Gasteiger partial charge in [-0.25, -0.2) is 4.79 Å². The third-order valence-electron chi connectivity index (χ3n) is 5.38. The van der Waals surface area contributed by atoms with Gasteiger partial charge < -0.3 is 4.74 Å². The van der Waals surface area contributed by atoms with Crippen LogP contribution in [-0.4, -0.2) is 30.2 Å². The van der Waals surface area contributed by atoms with Crippen LogP contribution in [-0.2, 0) is 23.9 Å². The zero-order valence-corrected chi connectivity index (χ0v) is 23.7. The predicted molar refractivity (Wildman–Crippen MR) is 145 cm³/mol. The van der Waals surface area contributed by atoms with E-state index >= 15 is 0 Å². The van der Waals surface area contributed by atoms with Crippen molar-refractivity contribution in [3.63, 3.8) is 0 Å². The van der Waals surface area contributed by atoms with Crippen LogP contribution in [0, 0.1) is 0 Å². The molecule has 3 atom stereocenters. The molecule has 1 N–H and O–H groups in total. The molecule has 0 aromatic heterocycles. The summed E-state index contributed by atoms with van der Waals surface area (Å²) in [5.74, 6) is -0.687. The summed E-state index contributed by atoms with van der Waals surface area (Å²) < 4.78 is 55.9. The molecule has 0 amide bonds. The van der Waals surface area contributed by atoms with Crippen LogP contribution in [0.4, 0.5) is 0 Å². The Kier molecular flexibility index (Phi) is 14.7. The predicted octanol–water partition coefficient (Wildman–Crippen LogP) is 7.75. The summed E-state index contributed by atoms with van der Waals surface area (Å²) in [6.45, 7) is 9.71. The first kappa shape index (κ1) is 31.9. The average molecular weight is 540 g/mol. The smallest absolute Gasteiger partial charge is 0.428 e. The summed E-state index contributed by atoms with van der Waals surface area (Å²) in [5.41, 5.74) is 4.17. The topological polar surface area (TPSA) is 107 Å². The number of hydrogen-bond acceptors (Lipinski definition) is 6. The lowest BCUT2D eigenvalue weighted by molar-refractivity contribution is -0.0335. The zero-order valence-electron chi connectivity index (χ0n) is 22.0. The van der Waals surface area contributed by atoms with E-state index < -0.39 is 35.4 Å². The highest BCUT2D eigenvalue weighted by Crippen LogP contribution is 2.38. The van der Waals surface area contributed by atoms with Gasteiger partial charge in [-0.05, 0) is 82.9 Å². The molecule has 36 heavy (non-hydrogen) atoms. The maximum Gasteiger partial charge on any atom is 0.534 e. The number of esters is 1. The van der Waals surface area contributed by atoms with E-state index in [9.17, 15) is 22.3 Å². The molecule has 0 fully saturated rings. The molecule has 0 aliphatic rings. The highest BCUT2D eigenvalue weighted by molar-refractivity contribution is 7.92. The van der Waals surface area contributed by atoms with Gasteiger partial charge in [-0.3, -0.25) is 4.55 Å². The molecule has 0 bridgehead atoms. The summed E-state index contributed by atoms with van der Waals surface area (Å²) in [5, 5.41) is 0. The summed E-state index contributed by atoms with van der Waals surface area (Å²) >= 11 is 0. The molecule has 0 aliphatic heterocycles. The van der Waals surface area contributed by atoms with Gasteiger partial charge in [0.2, 0.25) is 0 Å². The Morgan fingerprint density at radius 1 is 0.972 bits per heavy atom. The van der Waals surface area contributed by atoms with Crippen molar-refractivity contribution in [1.29, 1.82) is 0 Å². The lowest BCUT2D eigenvalue weighted by Gasteiger charge is -2.09. The highest BCUT2D eigenvalue weighted by atomic mass is 32.2. The van der Waals surface area contributed by atoms with Crippen molar-refractivity contribution < 1.29 is 31.6 Å². The molecule has 200 valence electrons. The van der Waals surface area contributed by atoms with E-state index in [0.717, 1.165) is 25.7 Å². The first-order valence-electron chi connectivity index (χ1n) is 12.2. The fourth-order valence-corrected chi connectivity index (χ4v) is 5.72. The van der Waals surface area contributed by atoms with Gasteiger partial charge in [0.15, 0.2) is 0 Å². The van der Waals surface area contributed by atoms with Crippen molar-refractivity contribution in [2.24, 2.45) is 0 Å². The summed E-state index contributed by atoms with van der Waals surface area (Å²) in [4.78, 5) is 10.5. The second-order valence-corrected chi connectivity index (χ2v) is 12.4. The molecule has 1 rings (SSSR count). The van der Waals surface area contributed by atoms with Gasteiger partial charge in [-0.2, -0.15) is 8.42 Å². The molecule has 0 aliphatic carbocycles. The molecule has 0 spiro atoms. The van der Waals surface area contributed by atoms with Gasteiger partial charge in [0, 0.05) is 13.3 Å². The Hall–Kier alpha value is -2.12. The van der Waals surface area contributed by atoms with E-state index in [0.29, 0.717) is 12.8 Å². The molecule has 0 heterocycles. The van der Waals surface area contributed by atoms with Crippen molar-refractivity contribution in [3.8, 4) is 0 Å².